The largest absolute Gasteiger partial charge is 0.295 e. The number of allylic oxidation sites excluding steroid dienone is 1. The molecule has 0 bridgehead atoms. The molecule has 0 saturated heterocycles. The van der Waals surface area contributed by atoms with Crippen LogP contribution in [0.3, 0.4) is 0 Å². The van der Waals surface area contributed by atoms with Gasteiger partial charge in [-0.05, 0) is 18.4 Å². The third-order valence-corrected chi connectivity index (χ3v) is 1.71. The molecule has 1 nitrogen and oxygen atoms in total. The molecule has 0 aromatic rings. The molecular formula is C9H16O. The predicted molar refractivity (Wildman–Crippen MR) is 43.9 cm³/mol. The summed E-state index contributed by atoms with van der Waals surface area (Å²) in [5.41, 5.74) is 0.681. The van der Waals surface area contributed by atoms with Gasteiger partial charge in [-0.2, -0.15) is 0 Å². The minimum Gasteiger partial charge on any atom is -0.295 e. The van der Waals surface area contributed by atoms with Crippen LogP contribution in [0.2, 0.25) is 0 Å². The van der Waals surface area contributed by atoms with Crippen molar-refractivity contribution in [3.05, 3.63) is 12.2 Å². The van der Waals surface area contributed by atoms with E-state index in [1.807, 2.05) is 0 Å². The molecule has 1 heteroatoms. The van der Waals surface area contributed by atoms with Crippen LogP contribution in [0.1, 0.15) is 33.6 Å². The van der Waals surface area contributed by atoms with Gasteiger partial charge in [0.1, 0.15) is 0 Å². The molecule has 1 atom stereocenters. The Morgan fingerprint density at radius 3 is 2.40 bits per heavy atom. The first-order valence-corrected chi connectivity index (χ1v) is 3.76. The monoisotopic (exact) mass is 140 g/mol. The second kappa shape index (κ2) is 4.26. The van der Waals surface area contributed by atoms with Crippen molar-refractivity contribution in [3.8, 4) is 0 Å². The van der Waals surface area contributed by atoms with Gasteiger partial charge < -0.3 is 0 Å². The maximum Gasteiger partial charge on any atom is 0.158 e. The van der Waals surface area contributed by atoms with Gasteiger partial charge in [-0.3, -0.25) is 4.79 Å². The van der Waals surface area contributed by atoms with Crippen molar-refractivity contribution in [1.29, 1.82) is 0 Å². The van der Waals surface area contributed by atoms with Crippen LogP contribution in [-0.2, 0) is 4.79 Å². The summed E-state index contributed by atoms with van der Waals surface area (Å²) in [4.78, 5) is 11.0. The zero-order chi connectivity index (χ0) is 8.15. The van der Waals surface area contributed by atoms with Gasteiger partial charge in [-0.1, -0.05) is 26.8 Å². The van der Waals surface area contributed by atoms with E-state index in [1.165, 1.54) is 0 Å². The van der Waals surface area contributed by atoms with E-state index in [0.29, 0.717) is 17.9 Å². The summed E-state index contributed by atoms with van der Waals surface area (Å²) >= 11 is 0. The van der Waals surface area contributed by atoms with Gasteiger partial charge in [0.2, 0.25) is 0 Å². The maximum absolute atomic E-state index is 11.0. The van der Waals surface area contributed by atoms with Gasteiger partial charge in [0, 0.05) is 6.42 Å². The van der Waals surface area contributed by atoms with E-state index in [4.69, 9.17) is 0 Å². The van der Waals surface area contributed by atoms with E-state index in [-0.39, 0.29) is 5.78 Å². The van der Waals surface area contributed by atoms with E-state index in [2.05, 4.69) is 20.4 Å². The lowest BCUT2D eigenvalue weighted by molar-refractivity contribution is -0.116. The third-order valence-electron chi connectivity index (χ3n) is 1.71. The first-order chi connectivity index (χ1) is 4.57. The van der Waals surface area contributed by atoms with Gasteiger partial charge in [0.15, 0.2) is 5.78 Å². The van der Waals surface area contributed by atoms with E-state index in [9.17, 15) is 4.79 Å². The average molecular weight is 140 g/mol. The van der Waals surface area contributed by atoms with Crippen molar-refractivity contribution >= 4 is 5.78 Å². The number of carbonyl (C=O) groups is 1. The summed E-state index contributed by atoms with van der Waals surface area (Å²) in [7, 11) is 0. The molecular weight excluding hydrogens is 124 g/mol. The summed E-state index contributed by atoms with van der Waals surface area (Å²) in [5.74, 6) is 0.707. The lowest BCUT2D eigenvalue weighted by Crippen LogP contribution is -2.04. The molecule has 58 valence electrons. The van der Waals surface area contributed by atoms with E-state index in [0.717, 1.165) is 6.42 Å². The smallest absolute Gasteiger partial charge is 0.158 e. The first-order valence-electron chi connectivity index (χ1n) is 3.76. The van der Waals surface area contributed by atoms with E-state index < -0.39 is 0 Å². The molecule has 0 fully saturated rings. The number of carbonyl (C=O) groups excluding carboxylic acids is 1. The Hall–Kier alpha value is -0.590. The normalized spacial score (nSPS) is 12.7. The van der Waals surface area contributed by atoms with Crippen LogP contribution in [0, 0.1) is 5.92 Å². The predicted octanol–water partition coefficient (Wildman–Crippen LogP) is 2.57. The number of hydrogen-bond donors (Lipinski definition) is 0. The van der Waals surface area contributed by atoms with Crippen molar-refractivity contribution in [3.63, 3.8) is 0 Å². The highest BCUT2D eigenvalue weighted by molar-refractivity contribution is 5.94. The summed E-state index contributed by atoms with van der Waals surface area (Å²) < 4.78 is 0. The Kier molecular flexibility index (Phi) is 4.01. The Morgan fingerprint density at radius 2 is 2.10 bits per heavy atom. The molecule has 0 N–H and O–H groups in total. The zero-order valence-electron chi connectivity index (χ0n) is 7.11. The van der Waals surface area contributed by atoms with Crippen LogP contribution in [-0.4, -0.2) is 5.78 Å². The summed E-state index contributed by atoms with van der Waals surface area (Å²) in [6.45, 7) is 9.54. The fourth-order valence-electron chi connectivity index (χ4n) is 0.635. The lowest BCUT2D eigenvalue weighted by atomic mass is 9.99. The molecule has 0 heterocycles. The second-order valence-corrected chi connectivity index (χ2v) is 2.92. The van der Waals surface area contributed by atoms with Gasteiger partial charge in [-0.15, -0.1) is 0 Å². The van der Waals surface area contributed by atoms with Crippen molar-refractivity contribution in [2.45, 2.75) is 33.6 Å². The highest BCUT2D eigenvalue weighted by atomic mass is 16.1. The fraction of sp³-hybridized carbons (Fsp3) is 0.667. The fourth-order valence-corrected chi connectivity index (χ4v) is 0.635. The lowest BCUT2D eigenvalue weighted by Gasteiger charge is -2.05. The molecule has 0 saturated carbocycles. The Bertz CT molecular complexity index is 136. The molecule has 0 aromatic heterocycles. The first kappa shape index (κ1) is 9.41. The van der Waals surface area contributed by atoms with Crippen LogP contribution in [0.25, 0.3) is 0 Å². The van der Waals surface area contributed by atoms with Crippen molar-refractivity contribution in [2.24, 2.45) is 5.92 Å². The molecule has 0 spiro atoms. The molecule has 0 rings (SSSR count). The van der Waals surface area contributed by atoms with Crippen LogP contribution in [0.5, 0.6) is 0 Å². The molecule has 0 aliphatic carbocycles. The Morgan fingerprint density at radius 1 is 1.60 bits per heavy atom. The van der Waals surface area contributed by atoms with Crippen LogP contribution >= 0.6 is 0 Å². The molecule has 0 aliphatic heterocycles. The van der Waals surface area contributed by atoms with E-state index in [1.54, 1.807) is 6.92 Å². The molecule has 0 amide bonds. The quantitative estimate of drug-likeness (QED) is 0.548. The number of ketones is 1. The highest BCUT2D eigenvalue weighted by Crippen LogP contribution is 2.09. The minimum absolute atomic E-state index is 0.203. The van der Waals surface area contributed by atoms with E-state index >= 15 is 0 Å². The number of rotatable bonds is 4. The Balaban J connectivity index is 3.68. The van der Waals surface area contributed by atoms with Gasteiger partial charge >= 0.3 is 0 Å². The van der Waals surface area contributed by atoms with Gasteiger partial charge in [0.25, 0.3) is 0 Å². The standard InChI is InChI=1S/C9H16O/c1-5-8(4)6-9(10)7(2)3/h8H,2,5-6H2,1,3-4H3/t8-/m1/s1. The average Bonchev–Trinajstić information content (AvgIpc) is 1.87. The van der Waals surface area contributed by atoms with Crippen LogP contribution in [0.4, 0.5) is 0 Å². The number of Topliss-reactive ketones (excluding diaryl/α,β-unsaturated/α-hetero) is 1. The van der Waals surface area contributed by atoms with Crippen molar-refractivity contribution in [2.75, 3.05) is 0 Å². The molecule has 0 unspecified atom stereocenters. The maximum atomic E-state index is 11.0. The summed E-state index contributed by atoms with van der Waals surface area (Å²) in [6, 6.07) is 0. The van der Waals surface area contributed by atoms with Gasteiger partial charge in [-0.25, -0.2) is 0 Å². The summed E-state index contributed by atoms with van der Waals surface area (Å²) in [5, 5.41) is 0. The SMILES string of the molecule is C=C(C)C(=O)C[C@H](C)CC. The molecule has 10 heavy (non-hydrogen) atoms. The highest BCUT2D eigenvalue weighted by Gasteiger charge is 2.06. The third kappa shape index (κ3) is 3.44. The van der Waals surface area contributed by atoms with Crippen LogP contribution < -0.4 is 0 Å². The molecule has 0 aliphatic rings. The van der Waals surface area contributed by atoms with Crippen LogP contribution in [0.15, 0.2) is 12.2 Å². The second-order valence-electron chi connectivity index (χ2n) is 2.92. The topological polar surface area (TPSA) is 17.1 Å². The minimum atomic E-state index is 0.203. The van der Waals surface area contributed by atoms with Gasteiger partial charge in [0.05, 0.1) is 0 Å². The zero-order valence-corrected chi connectivity index (χ0v) is 7.11. The Labute approximate surface area is 63.1 Å². The molecule has 0 aromatic carbocycles. The molecule has 0 radical (unpaired) electrons. The van der Waals surface area contributed by atoms with Crippen molar-refractivity contribution < 1.29 is 4.79 Å². The summed E-state index contributed by atoms with van der Waals surface area (Å²) in [6.07, 6.45) is 1.73. The van der Waals surface area contributed by atoms with Crippen molar-refractivity contribution in [1.82, 2.24) is 0 Å². The number of hydrogen-bond acceptors (Lipinski definition) is 1.